The zero-order chi connectivity index (χ0) is 24.4. The van der Waals surface area contributed by atoms with E-state index in [4.69, 9.17) is 23.2 Å². The lowest BCUT2D eigenvalue weighted by Crippen LogP contribution is -2.25. The number of fused-ring (bicyclic) bond motifs is 1. The minimum Gasteiger partial charge on any atom is -0.321 e. The van der Waals surface area contributed by atoms with Gasteiger partial charge < -0.3 is 10.6 Å². The number of thiazole rings is 1. The largest absolute Gasteiger partial charge is 0.321 e. The van der Waals surface area contributed by atoms with Crippen molar-refractivity contribution >= 4 is 62.7 Å². The molecule has 2 N–H and O–H groups in total. The van der Waals surface area contributed by atoms with Crippen molar-refractivity contribution in [3.8, 4) is 0 Å². The Kier molecular flexibility index (Phi) is 7.02. The molecule has 0 radical (unpaired) electrons. The van der Waals surface area contributed by atoms with E-state index in [9.17, 15) is 14.4 Å². The van der Waals surface area contributed by atoms with Gasteiger partial charge >= 0.3 is 0 Å². The molecular formula is C24H20Cl2N4O3S. The van der Waals surface area contributed by atoms with Crippen LogP contribution in [-0.4, -0.2) is 21.2 Å². The molecule has 0 bridgehead atoms. The molecular weight excluding hydrogens is 495 g/mol. The molecule has 7 nitrogen and oxygen atoms in total. The average Bonchev–Trinajstić information content (AvgIpc) is 3.14. The first-order chi connectivity index (χ1) is 16.2. The maximum atomic E-state index is 13.3. The molecule has 4 aromatic rings. The number of carbonyl (C=O) groups is 2. The van der Waals surface area contributed by atoms with Crippen LogP contribution in [0.5, 0.6) is 0 Å². The van der Waals surface area contributed by atoms with Crippen molar-refractivity contribution in [2.45, 2.75) is 26.7 Å². The number of halogens is 2. The number of nitrogens with one attached hydrogen (secondary N) is 2. The third kappa shape index (κ3) is 5.14. The standard InChI is InChI=1S/C24H20Cl2N4O3S/c1-3-5-16-12-19(31)30-20(22(32)27-17-7-4-6-13(2)8-17)21(34-24(30)29-16)23(33)28-18-10-14(25)9-15(26)11-18/h4,6-12H,3,5H2,1-2H3,(H,27,32)(H,28,33). The van der Waals surface area contributed by atoms with Crippen molar-refractivity contribution in [2.75, 3.05) is 10.6 Å². The van der Waals surface area contributed by atoms with Crippen LogP contribution in [-0.2, 0) is 6.42 Å². The highest BCUT2D eigenvalue weighted by Gasteiger charge is 2.26. The normalized spacial score (nSPS) is 10.9. The Bertz CT molecular complexity index is 1460. The second-order valence-electron chi connectivity index (χ2n) is 7.67. The SMILES string of the molecule is CCCc1cc(=O)n2c(C(=O)Nc3cccc(C)c3)c(C(=O)Nc3cc(Cl)cc(Cl)c3)sc2n1. The number of hydrogen-bond acceptors (Lipinski definition) is 5. The number of rotatable bonds is 6. The Morgan fingerprint density at radius 2 is 1.71 bits per heavy atom. The molecule has 0 aliphatic heterocycles. The topological polar surface area (TPSA) is 92.6 Å². The molecule has 0 spiro atoms. The van der Waals surface area contributed by atoms with Crippen molar-refractivity contribution in [1.29, 1.82) is 0 Å². The molecule has 10 heteroatoms. The van der Waals surface area contributed by atoms with E-state index in [0.717, 1.165) is 23.3 Å². The van der Waals surface area contributed by atoms with Gasteiger partial charge in [0.15, 0.2) is 4.96 Å². The lowest BCUT2D eigenvalue weighted by Gasteiger charge is -2.09. The summed E-state index contributed by atoms with van der Waals surface area (Å²) in [5.41, 5.74) is 1.94. The van der Waals surface area contributed by atoms with Crippen LogP contribution in [0.1, 0.15) is 44.8 Å². The van der Waals surface area contributed by atoms with Gasteiger partial charge in [0.25, 0.3) is 17.4 Å². The number of benzene rings is 2. The summed E-state index contributed by atoms with van der Waals surface area (Å²) in [7, 11) is 0. The Morgan fingerprint density at radius 3 is 2.38 bits per heavy atom. The third-order valence-electron chi connectivity index (χ3n) is 4.90. The molecule has 0 saturated heterocycles. The number of aromatic nitrogens is 2. The van der Waals surface area contributed by atoms with Gasteiger partial charge in [-0.05, 0) is 49.2 Å². The lowest BCUT2D eigenvalue weighted by molar-refractivity contribution is 0.0989. The second-order valence-corrected chi connectivity index (χ2v) is 9.52. The van der Waals surface area contributed by atoms with Gasteiger partial charge in [-0.15, -0.1) is 0 Å². The van der Waals surface area contributed by atoms with Gasteiger partial charge in [-0.3, -0.25) is 14.4 Å². The van der Waals surface area contributed by atoms with Gasteiger partial charge in [-0.1, -0.05) is 60.0 Å². The van der Waals surface area contributed by atoms with Gasteiger partial charge in [0.1, 0.15) is 10.6 Å². The molecule has 0 fully saturated rings. The van der Waals surface area contributed by atoms with Crippen LogP contribution in [0.15, 0.2) is 53.3 Å². The Morgan fingerprint density at radius 1 is 1.00 bits per heavy atom. The van der Waals surface area contributed by atoms with Crippen molar-refractivity contribution in [2.24, 2.45) is 0 Å². The minimum atomic E-state index is -0.599. The van der Waals surface area contributed by atoms with E-state index in [1.54, 1.807) is 18.2 Å². The first-order valence-electron chi connectivity index (χ1n) is 10.5. The van der Waals surface area contributed by atoms with Crippen LogP contribution >= 0.6 is 34.5 Å². The van der Waals surface area contributed by atoms with E-state index in [2.05, 4.69) is 15.6 Å². The maximum Gasteiger partial charge on any atom is 0.274 e. The van der Waals surface area contributed by atoms with Gasteiger partial charge in [-0.25, -0.2) is 9.38 Å². The molecule has 0 unspecified atom stereocenters. The van der Waals surface area contributed by atoms with E-state index < -0.39 is 17.4 Å². The number of aryl methyl sites for hydroxylation is 2. The maximum absolute atomic E-state index is 13.3. The summed E-state index contributed by atoms with van der Waals surface area (Å²) in [4.78, 5) is 44.4. The summed E-state index contributed by atoms with van der Waals surface area (Å²) >= 11 is 13.1. The van der Waals surface area contributed by atoms with Crippen LogP contribution in [0.2, 0.25) is 10.0 Å². The molecule has 4 rings (SSSR count). The number of anilines is 2. The summed E-state index contributed by atoms with van der Waals surface area (Å²) in [5.74, 6) is -1.18. The summed E-state index contributed by atoms with van der Waals surface area (Å²) in [5, 5.41) is 6.18. The van der Waals surface area contributed by atoms with Crippen LogP contribution in [0, 0.1) is 6.92 Å². The molecule has 0 saturated carbocycles. The van der Waals surface area contributed by atoms with Crippen LogP contribution < -0.4 is 16.2 Å². The molecule has 2 aromatic heterocycles. The monoisotopic (exact) mass is 514 g/mol. The van der Waals surface area contributed by atoms with Crippen molar-refractivity contribution < 1.29 is 9.59 Å². The van der Waals surface area contributed by atoms with Gasteiger partial charge in [0.05, 0.1) is 0 Å². The molecule has 174 valence electrons. The van der Waals surface area contributed by atoms with E-state index in [0.29, 0.717) is 33.5 Å². The molecule has 0 aliphatic carbocycles. The smallest absolute Gasteiger partial charge is 0.274 e. The number of carbonyl (C=O) groups excluding carboxylic acids is 2. The van der Waals surface area contributed by atoms with Crippen LogP contribution in [0.4, 0.5) is 11.4 Å². The van der Waals surface area contributed by atoms with E-state index in [-0.39, 0.29) is 15.5 Å². The quantitative estimate of drug-likeness (QED) is 0.338. The number of amides is 2. The number of hydrogen-bond donors (Lipinski definition) is 2. The fourth-order valence-electron chi connectivity index (χ4n) is 3.49. The number of nitrogens with zero attached hydrogens (tertiary/aromatic N) is 2. The van der Waals surface area contributed by atoms with Crippen molar-refractivity contribution in [1.82, 2.24) is 9.38 Å². The zero-order valence-corrected chi connectivity index (χ0v) is 20.6. The fourth-order valence-corrected chi connectivity index (χ4v) is 5.06. The molecule has 2 aromatic carbocycles. The highest BCUT2D eigenvalue weighted by molar-refractivity contribution is 7.19. The highest BCUT2D eigenvalue weighted by atomic mass is 35.5. The van der Waals surface area contributed by atoms with Crippen LogP contribution in [0.25, 0.3) is 4.96 Å². The summed E-state index contributed by atoms with van der Waals surface area (Å²) in [6.07, 6.45) is 1.41. The van der Waals surface area contributed by atoms with Gasteiger partial charge in [-0.2, -0.15) is 0 Å². The summed E-state index contributed by atoms with van der Waals surface area (Å²) < 4.78 is 1.18. The predicted octanol–water partition coefficient (Wildman–Crippen LogP) is 5.83. The molecule has 34 heavy (non-hydrogen) atoms. The summed E-state index contributed by atoms with van der Waals surface area (Å²) in [6.45, 7) is 3.88. The molecule has 0 atom stereocenters. The van der Waals surface area contributed by atoms with Crippen LogP contribution in [0.3, 0.4) is 0 Å². The average molecular weight is 515 g/mol. The van der Waals surface area contributed by atoms with Crippen molar-refractivity contribution in [3.05, 3.63) is 90.8 Å². The molecule has 2 amide bonds. The molecule has 0 aliphatic rings. The van der Waals surface area contributed by atoms with Gasteiger partial charge in [0.2, 0.25) is 0 Å². The second kappa shape index (κ2) is 9.97. The van der Waals surface area contributed by atoms with Crippen molar-refractivity contribution in [3.63, 3.8) is 0 Å². The van der Waals surface area contributed by atoms with E-state index in [1.807, 2.05) is 19.9 Å². The molecule has 2 heterocycles. The first kappa shape index (κ1) is 23.9. The predicted molar refractivity (Wildman–Crippen MR) is 137 cm³/mol. The minimum absolute atomic E-state index is 0.0412. The lowest BCUT2D eigenvalue weighted by atomic mass is 10.2. The highest BCUT2D eigenvalue weighted by Crippen LogP contribution is 2.27. The Hall–Kier alpha value is -3.20. The van der Waals surface area contributed by atoms with E-state index in [1.165, 1.54) is 28.7 Å². The fraction of sp³-hybridized carbons (Fsp3) is 0.167. The van der Waals surface area contributed by atoms with Gasteiger partial charge in [0, 0.05) is 33.2 Å². The first-order valence-corrected chi connectivity index (χ1v) is 12.0. The third-order valence-corrected chi connectivity index (χ3v) is 6.37. The summed E-state index contributed by atoms with van der Waals surface area (Å²) in [6, 6.07) is 13.2. The Labute approximate surface area is 209 Å². The zero-order valence-electron chi connectivity index (χ0n) is 18.3. The van der Waals surface area contributed by atoms with E-state index >= 15 is 0 Å². The Balaban J connectivity index is 1.82.